The highest BCUT2D eigenvalue weighted by Gasteiger charge is 2.52. The topological polar surface area (TPSA) is 98.1 Å². The fourth-order valence-electron chi connectivity index (χ4n) is 6.01. The molecule has 2 fully saturated rings. The number of ether oxygens (including phenoxy) is 1. The van der Waals surface area contributed by atoms with Gasteiger partial charge in [0.1, 0.15) is 23.3 Å². The van der Waals surface area contributed by atoms with Gasteiger partial charge in [-0.25, -0.2) is 24.3 Å². The molecule has 0 radical (unpaired) electrons. The van der Waals surface area contributed by atoms with E-state index < -0.39 is 5.82 Å². The van der Waals surface area contributed by atoms with Crippen LogP contribution >= 0.6 is 0 Å². The maximum atomic E-state index is 15.6. The van der Waals surface area contributed by atoms with Gasteiger partial charge in [-0.3, -0.25) is 4.79 Å². The lowest BCUT2D eigenvalue weighted by molar-refractivity contribution is -0.131. The molecule has 1 saturated carbocycles. The maximum absolute atomic E-state index is 15.6. The number of likely N-dealkylation sites (tertiary alicyclic amines) is 1. The van der Waals surface area contributed by atoms with E-state index in [4.69, 9.17) is 9.72 Å². The van der Waals surface area contributed by atoms with Crippen LogP contribution in [0.4, 0.5) is 15.9 Å². The normalized spacial score (nSPS) is 17.5. The van der Waals surface area contributed by atoms with Crippen LogP contribution in [0.3, 0.4) is 0 Å². The highest BCUT2D eigenvalue weighted by atomic mass is 19.1. The van der Waals surface area contributed by atoms with Crippen LogP contribution in [0.5, 0.6) is 11.5 Å². The number of carbonyl (C=O) groups excluding carboxylic acids is 1. The van der Waals surface area contributed by atoms with Gasteiger partial charge in [0, 0.05) is 42.4 Å². The summed E-state index contributed by atoms with van der Waals surface area (Å²) in [4.78, 5) is 32.7. The molecule has 212 valence electrons. The zero-order valence-electron chi connectivity index (χ0n) is 23.5. The molecule has 1 aliphatic heterocycles. The molecular formula is C32H30FN7O2. The molecule has 2 aromatic carbocycles. The van der Waals surface area contributed by atoms with E-state index in [2.05, 4.69) is 26.8 Å². The number of amides is 1. The smallest absolute Gasteiger partial charge is 0.246 e. The molecule has 2 aliphatic rings. The van der Waals surface area contributed by atoms with E-state index in [0.29, 0.717) is 40.5 Å². The predicted octanol–water partition coefficient (Wildman–Crippen LogP) is 6.32. The van der Waals surface area contributed by atoms with Gasteiger partial charge in [-0.15, -0.1) is 0 Å². The zero-order chi connectivity index (χ0) is 29.0. The summed E-state index contributed by atoms with van der Waals surface area (Å²) in [5, 5.41) is 3.13. The second kappa shape index (κ2) is 9.90. The second-order valence-electron chi connectivity index (χ2n) is 11.2. The Morgan fingerprint density at radius 3 is 2.79 bits per heavy atom. The van der Waals surface area contributed by atoms with Crippen molar-refractivity contribution in [3.8, 4) is 11.5 Å². The van der Waals surface area contributed by atoms with Crippen molar-refractivity contribution >= 4 is 39.5 Å². The number of piperidine rings is 1. The fraction of sp³-hybridized carbons (Fsp3) is 0.281. The molecule has 42 heavy (non-hydrogen) atoms. The number of anilines is 2. The van der Waals surface area contributed by atoms with Gasteiger partial charge in [0.15, 0.2) is 11.6 Å². The lowest BCUT2D eigenvalue weighted by Gasteiger charge is -2.39. The Labute approximate surface area is 242 Å². The third-order valence-electron chi connectivity index (χ3n) is 8.64. The first-order valence-corrected chi connectivity index (χ1v) is 14.1. The minimum atomic E-state index is -0.449. The molecule has 4 heterocycles. The van der Waals surface area contributed by atoms with E-state index in [1.54, 1.807) is 25.4 Å². The van der Waals surface area contributed by atoms with E-state index in [-0.39, 0.29) is 23.1 Å². The van der Waals surface area contributed by atoms with E-state index in [0.717, 1.165) is 42.4 Å². The van der Waals surface area contributed by atoms with Crippen molar-refractivity contribution in [2.75, 3.05) is 11.9 Å². The third kappa shape index (κ3) is 4.43. The SMILES string of the molecule is C=CC(=O)N1CC(c2ccc3ncnc(Nc4ccc(Oc5ccc6c(c5)ncn6C)c(C)c4F)c3n2)CCC12CC2. The molecule has 1 N–H and O–H groups in total. The van der Waals surface area contributed by atoms with Gasteiger partial charge in [0.25, 0.3) is 0 Å². The second-order valence-corrected chi connectivity index (χ2v) is 11.2. The fourth-order valence-corrected chi connectivity index (χ4v) is 6.01. The predicted molar refractivity (Wildman–Crippen MR) is 158 cm³/mol. The summed E-state index contributed by atoms with van der Waals surface area (Å²) in [5.41, 5.74) is 4.44. The number of hydrogen-bond acceptors (Lipinski definition) is 7. The van der Waals surface area contributed by atoms with Crippen molar-refractivity contribution in [1.29, 1.82) is 0 Å². The highest BCUT2D eigenvalue weighted by molar-refractivity contribution is 5.89. The number of pyridine rings is 1. The molecule has 1 atom stereocenters. The molecule has 1 spiro atoms. The minimum absolute atomic E-state index is 0.00903. The van der Waals surface area contributed by atoms with Gasteiger partial charge in [0.05, 0.1) is 28.6 Å². The number of benzene rings is 2. The average Bonchev–Trinajstić information content (AvgIpc) is 3.69. The molecule has 9 nitrogen and oxygen atoms in total. The average molecular weight is 564 g/mol. The summed E-state index contributed by atoms with van der Waals surface area (Å²) in [5.74, 6) is 0.993. The van der Waals surface area contributed by atoms with Crippen LogP contribution < -0.4 is 10.1 Å². The number of nitrogens with one attached hydrogen (secondary N) is 1. The molecule has 10 heteroatoms. The summed E-state index contributed by atoms with van der Waals surface area (Å²) in [7, 11) is 1.93. The Morgan fingerprint density at radius 1 is 1.12 bits per heavy atom. The Kier molecular flexibility index (Phi) is 6.14. The van der Waals surface area contributed by atoms with Crippen molar-refractivity contribution in [2.45, 2.75) is 44.1 Å². The first kappa shape index (κ1) is 26.1. The number of imidazole rings is 1. The van der Waals surface area contributed by atoms with Crippen molar-refractivity contribution < 1.29 is 13.9 Å². The number of nitrogens with zero attached hydrogens (tertiary/aromatic N) is 6. The van der Waals surface area contributed by atoms with Gasteiger partial charge in [0.2, 0.25) is 5.91 Å². The number of fused-ring (bicyclic) bond motifs is 2. The summed E-state index contributed by atoms with van der Waals surface area (Å²) in [6, 6.07) is 12.8. The zero-order valence-corrected chi connectivity index (χ0v) is 23.5. The number of halogens is 1. The standard InChI is InChI=1S/C32H30FN7O2/c1-4-28(41)40-16-20(11-12-32(40)13-14-32)22-6-7-24-30(37-22)31(35-17-34-24)38-23-8-10-27(19(2)29(23)33)42-21-5-9-26-25(15-21)36-18-39(26)3/h4-10,15,17-18,20H,1,11-14,16H2,2-3H3,(H,34,35,38). The van der Waals surface area contributed by atoms with E-state index in [1.807, 2.05) is 46.8 Å². The van der Waals surface area contributed by atoms with E-state index >= 15 is 4.39 Å². The van der Waals surface area contributed by atoms with Crippen molar-refractivity contribution in [3.63, 3.8) is 0 Å². The molecule has 1 saturated heterocycles. The Morgan fingerprint density at radius 2 is 1.98 bits per heavy atom. The number of carbonyl (C=O) groups is 1. The van der Waals surface area contributed by atoms with Crippen LogP contribution in [0.1, 0.15) is 42.9 Å². The summed E-state index contributed by atoms with van der Waals surface area (Å²) < 4.78 is 23.6. The summed E-state index contributed by atoms with van der Waals surface area (Å²) in [6.45, 7) is 5.97. The lowest BCUT2D eigenvalue weighted by Crippen LogP contribution is -2.47. The molecule has 5 aromatic rings. The van der Waals surface area contributed by atoms with E-state index in [1.165, 1.54) is 12.4 Å². The van der Waals surface area contributed by atoms with Gasteiger partial charge >= 0.3 is 0 Å². The summed E-state index contributed by atoms with van der Waals surface area (Å²) in [6.07, 6.45) is 8.55. The van der Waals surface area contributed by atoms with Crippen LogP contribution in [-0.2, 0) is 11.8 Å². The van der Waals surface area contributed by atoms with Crippen LogP contribution in [0, 0.1) is 12.7 Å². The molecule has 1 aliphatic carbocycles. The number of hydrogen-bond donors (Lipinski definition) is 1. The first-order chi connectivity index (χ1) is 20.3. The monoisotopic (exact) mass is 563 g/mol. The molecule has 3 aromatic heterocycles. The van der Waals surface area contributed by atoms with Gasteiger partial charge in [-0.1, -0.05) is 6.58 Å². The Bertz CT molecular complexity index is 1880. The van der Waals surface area contributed by atoms with Crippen LogP contribution in [0.2, 0.25) is 0 Å². The molecule has 1 unspecified atom stereocenters. The van der Waals surface area contributed by atoms with E-state index in [9.17, 15) is 4.79 Å². The van der Waals surface area contributed by atoms with Gasteiger partial charge in [-0.05, 0) is 75.1 Å². The van der Waals surface area contributed by atoms with Crippen LogP contribution in [0.25, 0.3) is 22.1 Å². The van der Waals surface area contributed by atoms with Crippen molar-refractivity contribution in [1.82, 2.24) is 29.4 Å². The largest absolute Gasteiger partial charge is 0.457 e. The highest BCUT2D eigenvalue weighted by Crippen LogP contribution is 2.51. The van der Waals surface area contributed by atoms with Crippen LogP contribution in [-0.4, -0.2) is 47.4 Å². The maximum Gasteiger partial charge on any atom is 0.246 e. The summed E-state index contributed by atoms with van der Waals surface area (Å²) >= 11 is 0. The van der Waals surface area contributed by atoms with Gasteiger partial charge in [-0.2, -0.15) is 0 Å². The first-order valence-electron chi connectivity index (χ1n) is 14.1. The van der Waals surface area contributed by atoms with Gasteiger partial charge < -0.3 is 19.5 Å². The number of aryl methyl sites for hydroxylation is 1. The van der Waals surface area contributed by atoms with Crippen molar-refractivity contribution in [2.24, 2.45) is 7.05 Å². The Hall–Kier alpha value is -4.86. The minimum Gasteiger partial charge on any atom is -0.457 e. The number of rotatable bonds is 6. The van der Waals surface area contributed by atoms with Crippen molar-refractivity contribution in [3.05, 3.63) is 84.8 Å². The Balaban J connectivity index is 1.15. The molecule has 7 rings (SSSR count). The lowest BCUT2D eigenvalue weighted by atomic mass is 9.88. The van der Waals surface area contributed by atoms with Crippen LogP contribution in [0.15, 0.2) is 67.8 Å². The number of aromatic nitrogens is 5. The molecule has 0 bridgehead atoms. The third-order valence-corrected chi connectivity index (χ3v) is 8.64. The molecule has 1 amide bonds. The molecular weight excluding hydrogens is 533 g/mol. The quantitative estimate of drug-likeness (QED) is 0.242.